The molecular formula is C34H49N5O7. The first kappa shape index (κ1) is 35.2. The molecule has 1 aromatic heterocycles. The van der Waals surface area contributed by atoms with Gasteiger partial charge in [-0.05, 0) is 23.8 Å². The number of rotatable bonds is 15. The summed E-state index contributed by atoms with van der Waals surface area (Å²) < 4.78 is 5.11. The van der Waals surface area contributed by atoms with Crippen molar-refractivity contribution in [2.75, 3.05) is 20.3 Å². The summed E-state index contributed by atoms with van der Waals surface area (Å²) in [4.78, 5) is 63.7. The molecule has 2 aliphatic rings. The monoisotopic (exact) mass is 639 g/mol. The molecule has 0 radical (unpaired) electrons. The number of aliphatic hydroxyl groups is 2. The molecule has 2 heterocycles. The van der Waals surface area contributed by atoms with Crippen molar-refractivity contribution in [3.05, 3.63) is 54.1 Å². The van der Waals surface area contributed by atoms with E-state index >= 15 is 0 Å². The molecule has 2 unspecified atom stereocenters. The number of aromatic amines is 1. The molecule has 0 bridgehead atoms. The molecule has 2 aromatic rings. The van der Waals surface area contributed by atoms with Crippen LogP contribution in [0.2, 0.25) is 0 Å². The number of hydrogen-bond donors (Lipinski definition) is 4. The van der Waals surface area contributed by atoms with E-state index in [1.54, 1.807) is 6.20 Å². The van der Waals surface area contributed by atoms with Crippen molar-refractivity contribution in [3.8, 4) is 0 Å². The van der Waals surface area contributed by atoms with Crippen LogP contribution in [0.5, 0.6) is 0 Å². The number of imidazole rings is 1. The summed E-state index contributed by atoms with van der Waals surface area (Å²) in [5, 5.41) is 24.9. The van der Waals surface area contributed by atoms with Crippen LogP contribution in [0.4, 0.5) is 0 Å². The van der Waals surface area contributed by atoms with Crippen molar-refractivity contribution in [3.63, 3.8) is 0 Å². The first-order valence-corrected chi connectivity index (χ1v) is 16.4. The maximum Gasteiger partial charge on any atom is 0.256 e. The largest absolute Gasteiger partial charge is 0.393 e. The molecule has 2 fully saturated rings. The number of carbonyl (C=O) groups is 4. The van der Waals surface area contributed by atoms with Crippen molar-refractivity contribution in [1.82, 2.24) is 25.1 Å². The van der Waals surface area contributed by atoms with E-state index in [2.05, 4.69) is 15.3 Å². The van der Waals surface area contributed by atoms with Crippen molar-refractivity contribution in [1.29, 1.82) is 0 Å². The van der Waals surface area contributed by atoms with Gasteiger partial charge in [0.1, 0.15) is 25.3 Å². The van der Waals surface area contributed by atoms with Crippen LogP contribution in [-0.4, -0.2) is 104 Å². The molecule has 12 heteroatoms. The Bertz CT molecular complexity index is 1270. The zero-order valence-electron chi connectivity index (χ0n) is 27.1. The van der Waals surface area contributed by atoms with Crippen molar-refractivity contribution in [2.24, 2.45) is 11.8 Å². The number of aliphatic hydroxyl groups excluding tert-OH is 2. The van der Waals surface area contributed by atoms with Gasteiger partial charge in [0.2, 0.25) is 11.8 Å². The number of carbonyl (C=O) groups excluding carboxylic acids is 4. The number of nitrogens with zero attached hydrogens (tertiary/aromatic N) is 3. The van der Waals surface area contributed by atoms with Crippen LogP contribution < -0.4 is 5.32 Å². The number of H-pyrrole nitrogens is 1. The van der Waals surface area contributed by atoms with Crippen molar-refractivity contribution in [2.45, 2.75) is 102 Å². The van der Waals surface area contributed by atoms with Gasteiger partial charge < -0.3 is 30.2 Å². The quantitative estimate of drug-likeness (QED) is 0.215. The highest BCUT2D eigenvalue weighted by Crippen LogP contribution is 2.29. The van der Waals surface area contributed by atoms with Gasteiger partial charge in [-0.2, -0.15) is 0 Å². The molecule has 1 saturated heterocycles. The van der Waals surface area contributed by atoms with Crippen LogP contribution >= 0.6 is 0 Å². The van der Waals surface area contributed by atoms with E-state index in [1.807, 2.05) is 44.2 Å². The number of likely N-dealkylation sites (N-methyl/N-ethyl adjacent to an activating group) is 1. The number of morpholine rings is 1. The predicted octanol–water partition coefficient (Wildman–Crippen LogP) is 2.00. The van der Waals surface area contributed by atoms with E-state index in [1.165, 1.54) is 24.7 Å². The Morgan fingerprint density at radius 3 is 2.33 bits per heavy atom. The first-order valence-electron chi connectivity index (χ1n) is 16.4. The Hall–Kier alpha value is -3.61. The van der Waals surface area contributed by atoms with E-state index in [-0.39, 0.29) is 38.4 Å². The SMILES string of the molecule is CC(C)C(O)CC(O)[C@H](CC1CCCCC1)NC(=O)[C@H](Cc1cnc[nH]1)N(C)C(=O)[C@H](Cc1ccccc1)N1C(=O)COCC1=O. The van der Waals surface area contributed by atoms with Crippen molar-refractivity contribution < 1.29 is 34.1 Å². The smallest absolute Gasteiger partial charge is 0.256 e. The van der Waals surface area contributed by atoms with Gasteiger partial charge in [-0.15, -0.1) is 0 Å². The van der Waals surface area contributed by atoms with E-state index in [9.17, 15) is 29.4 Å². The molecule has 4 N–H and O–H groups in total. The molecule has 1 saturated carbocycles. The lowest BCUT2D eigenvalue weighted by atomic mass is 9.82. The third kappa shape index (κ3) is 9.46. The fraction of sp³-hybridized carbons (Fsp3) is 0.618. The molecule has 4 rings (SSSR count). The summed E-state index contributed by atoms with van der Waals surface area (Å²) in [7, 11) is 1.49. The second kappa shape index (κ2) is 16.8. The minimum Gasteiger partial charge on any atom is -0.393 e. The van der Waals surface area contributed by atoms with Crippen LogP contribution in [-0.2, 0) is 36.8 Å². The highest BCUT2D eigenvalue weighted by Gasteiger charge is 2.41. The number of aromatic nitrogens is 2. The molecule has 1 aromatic carbocycles. The molecule has 5 atom stereocenters. The zero-order chi connectivity index (χ0) is 33.2. The van der Waals surface area contributed by atoms with Gasteiger partial charge in [0.15, 0.2) is 0 Å². The lowest BCUT2D eigenvalue weighted by Gasteiger charge is -2.37. The van der Waals surface area contributed by atoms with E-state index in [0.29, 0.717) is 18.0 Å². The summed E-state index contributed by atoms with van der Waals surface area (Å²) in [6.45, 7) is 3.11. The van der Waals surface area contributed by atoms with Crippen LogP contribution in [0.1, 0.15) is 70.1 Å². The predicted molar refractivity (Wildman–Crippen MR) is 170 cm³/mol. The molecule has 0 spiro atoms. The molecule has 1 aliphatic carbocycles. The number of nitrogens with one attached hydrogen (secondary N) is 2. The number of amides is 4. The Labute approximate surface area is 270 Å². The summed E-state index contributed by atoms with van der Waals surface area (Å²) in [6.07, 6.45) is 7.49. The fourth-order valence-electron chi connectivity index (χ4n) is 6.43. The maximum atomic E-state index is 14.3. The standard InChI is InChI=1S/C34H49N5O7/c1-22(2)29(40)17-30(41)26(14-23-10-6-4-7-11-23)37-33(44)27(16-25-18-35-21-36-25)38(3)34(45)28(15-24-12-8-5-9-13-24)39-31(42)19-46-20-32(39)43/h5,8-9,12-13,18,21-23,26-30,40-41H,4,6-7,10-11,14-17,19-20H2,1-3H3,(H,35,36)(H,37,44)/t26-,27-,28-,29?,30?/m0/s1. The van der Waals surface area contributed by atoms with Crippen LogP contribution in [0.3, 0.4) is 0 Å². The van der Waals surface area contributed by atoms with Crippen molar-refractivity contribution >= 4 is 23.6 Å². The Kier molecular flexibility index (Phi) is 12.9. The number of ether oxygens (including phenoxy) is 1. The first-order chi connectivity index (χ1) is 22.0. The molecule has 12 nitrogen and oxygen atoms in total. The highest BCUT2D eigenvalue weighted by molar-refractivity contribution is 6.03. The van der Waals surface area contributed by atoms with Crippen LogP contribution in [0, 0.1) is 11.8 Å². The molecule has 252 valence electrons. The third-order valence-electron chi connectivity index (χ3n) is 9.30. The van der Waals surface area contributed by atoms with Crippen LogP contribution in [0.15, 0.2) is 42.9 Å². The number of benzene rings is 1. The van der Waals surface area contributed by atoms with Gasteiger partial charge in [-0.1, -0.05) is 76.3 Å². The third-order valence-corrected chi connectivity index (χ3v) is 9.30. The summed E-state index contributed by atoms with van der Waals surface area (Å²) in [5.74, 6) is -2.04. The minimum absolute atomic E-state index is 0.0651. The number of imide groups is 1. The lowest BCUT2D eigenvalue weighted by molar-refractivity contribution is -0.166. The normalized spacial score (nSPS) is 19.4. The highest BCUT2D eigenvalue weighted by atomic mass is 16.5. The lowest BCUT2D eigenvalue weighted by Crippen LogP contribution is -2.61. The average molecular weight is 640 g/mol. The second-order valence-electron chi connectivity index (χ2n) is 13.1. The van der Waals surface area contributed by atoms with Gasteiger partial charge >= 0.3 is 0 Å². The van der Waals surface area contributed by atoms with Gasteiger partial charge in [0, 0.05) is 38.2 Å². The van der Waals surface area contributed by atoms with Gasteiger partial charge in [0.25, 0.3) is 11.8 Å². The summed E-state index contributed by atoms with van der Waals surface area (Å²) in [6, 6.07) is 6.19. The summed E-state index contributed by atoms with van der Waals surface area (Å²) >= 11 is 0. The Morgan fingerprint density at radius 2 is 1.72 bits per heavy atom. The topological polar surface area (TPSA) is 165 Å². The van der Waals surface area contributed by atoms with E-state index < -0.39 is 54.0 Å². The Balaban J connectivity index is 1.62. The average Bonchev–Trinajstić information content (AvgIpc) is 3.56. The maximum absolute atomic E-state index is 14.3. The fourth-order valence-corrected chi connectivity index (χ4v) is 6.43. The Morgan fingerprint density at radius 1 is 1.04 bits per heavy atom. The molecule has 46 heavy (non-hydrogen) atoms. The zero-order valence-corrected chi connectivity index (χ0v) is 27.1. The van der Waals surface area contributed by atoms with E-state index in [0.717, 1.165) is 36.1 Å². The molecular weight excluding hydrogens is 590 g/mol. The summed E-state index contributed by atoms with van der Waals surface area (Å²) in [5.41, 5.74) is 1.35. The van der Waals surface area contributed by atoms with Gasteiger partial charge in [0.05, 0.1) is 24.6 Å². The minimum atomic E-state index is -1.20. The number of hydrogen-bond acceptors (Lipinski definition) is 8. The van der Waals surface area contributed by atoms with Crippen LogP contribution in [0.25, 0.3) is 0 Å². The van der Waals surface area contributed by atoms with Gasteiger partial charge in [-0.25, -0.2) is 4.98 Å². The molecule has 1 aliphatic heterocycles. The second-order valence-corrected chi connectivity index (χ2v) is 13.1. The van der Waals surface area contributed by atoms with Gasteiger partial charge in [-0.3, -0.25) is 24.1 Å². The van der Waals surface area contributed by atoms with E-state index in [4.69, 9.17) is 4.74 Å². The molecule has 4 amide bonds.